The monoisotopic (exact) mass is 301 g/mol. The number of hydrogen-bond donors (Lipinski definition) is 0. The number of nitrogens with zero attached hydrogens (tertiary/aromatic N) is 3. The van der Waals surface area contributed by atoms with Crippen LogP contribution in [0.3, 0.4) is 0 Å². The molecule has 2 aromatic rings. The van der Waals surface area contributed by atoms with Crippen molar-refractivity contribution in [3.8, 4) is 0 Å². The Morgan fingerprint density at radius 1 is 1.47 bits per heavy atom. The zero-order valence-electron chi connectivity index (χ0n) is 11.1. The van der Waals surface area contributed by atoms with E-state index in [9.17, 15) is 0 Å². The number of ether oxygens (including phenoxy) is 1. The van der Waals surface area contributed by atoms with Crippen LogP contribution < -0.4 is 0 Å². The minimum Gasteiger partial charge on any atom is -0.380 e. The lowest BCUT2D eigenvalue weighted by molar-refractivity contribution is 0.119. The first kappa shape index (κ1) is 14.6. The van der Waals surface area contributed by atoms with Gasteiger partial charge >= 0.3 is 0 Å². The van der Waals surface area contributed by atoms with Gasteiger partial charge < -0.3 is 9.30 Å². The molecule has 0 aliphatic carbocycles. The molecule has 4 nitrogen and oxygen atoms in total. The Morgan fingerprint density at radius 3 is 2.95 bits per heavy atom. The Kier molecular flexibility index (Phi) is 5.02. The van der Waals surface area contributed by atoms with Crippen molar-refractivity contribution >= 4 is 34.4 Å². The summed E-state index contributed by atoms with van der Waals surface area (Å²) < 4.78 is 7.58. The number of pyridine rings is 1. The van der Waals surface area contributed by atoms with Gasteiger partial charge in [-0.05, 0) is 19.9 Å². The summed E-state index contributed by atoms with van der Waals surface area (Å²) in [5.74, 6) is 1.45. The maximum atomic E-state index is 5.96. The third-order valence-corrected chi connectivity index (χ3v) is 3.29. The molecule has 0 fully saturated rings. The second kappa shape index (κ2) is 6.55. The van der Waals surface area contributed by atoms with Crippen LogP contribution in [0.1, 0.15) is 25.7 Å². The van der Waals surface area contributed by atoms with Crippen molar-refractivity contribution in [1.82, 2.24) is 14.5 Å². The predicted octanol–water partition coefficient (Wildman–Crippen LogP) is 3.46. The predicted molar refractivity (Wildman–Crippen MR) is 78.2 cm³/mol. The molecule has 0 spiro atoms. The number of alkyl halides is 1. The highest BCUT2D eigenvalue weighted by Crippen LogP contribution is 2.22. The van der Waals surface area contributed by atoms with Crippen molar-refractivity contribution in [2.24, 2.45) is 0 Å². The van der Waals surface area contributed by atoms with Gasteiger partial charge in [0.25, 0.3) is 0 Å². The number of aryl methyl sites for hydroxylation is 1. The third kappa shape index (κ3) is 3.19. The van der Waals surface area contributed by atoms with Crippen LogP contribution in [0.4, 0.5) is 0 Å². The first-order chi connectivity index (χ1) is 9.17. The Bertz CT molecular complexity index is 556. The van der Waals surface area contributed by atoms with Gasteiger partial charge in [0.05, 0.1) is 17.7 Å². The van der Waals surface area contributed by atoms with Crippen molar-refractivity contribution in [3.63, 3.8) is 0 Å². The van der Waals surface area contributed by atoms with Crippen LogP contribution in [0.5, 0.6) is 0 Å². The molecule has 0 saturated heterocycles. The molecule has 1 unspecified atom stereocenters. The number of aromatic nitrogens is 3. The van der Waals surface area contributed by atoms with Gasteiger partial charge in [-0.3, -0.25) is 0 Å². The number of fused-ring (bicyclic) bond motifs is 1. The van der Waals surface area contributed by atoms with Crippen LogP contribution in [0, 0.1) is 0 Å². The second-order valence-corrected chi connectivity index (χ2v) is 5.16. The second-order valence-electron chi connectivity index (χ2n) is 4.34. The topological polar surface area (TPSA) is 39.9 Å². The third-order valence-electron chi connectivity index (χ3n) is 2.89. The molecule has 0 saturated carbocycles. The molecule has 1 atom stereocenters. The number of halogens is 2. The molecule has 19 heavy (non-hydrogen) atoms. The normalized spacial score (nSPS) is 13.1. The summed E-state index contributed by atoms with van der Waals surface area (Å²) >= 11 is 11.8. The fourth-order valence-corrected chi connectivity index (χ4v) is 2.41. The van der Waals surface area contributed by atoms with Crippen molar-refractivity contribution < 1.29 is 4.74 Å². The molecule has 0 aliphatic rings. The lowest BCUT2D eigenvalue weighted by Gasteiger charge is -2.16. The van der Waals surface area contributed by atoms with E-state index >= 15 is 0 Å². The zero-order valence-corrected chi connectivity index (χ0v) is 12.6. The minimum absolute atomic E-state index is 0.164. The Balaban J connectivity index is 2.45. The van der Waals surface area contributed by atoms with E-state index < -0.39 is 0 Å². The molecular formula is C13H17Cl2N3O. The van der Waals surface area contributed by atoms with E-state index in [2.05, 4.69) is 21.5 Å². The number of imidazole rings is 1. The highest BCUT2D eigenvalue weighted by molar-refractivity contribution is 6.31. The van der Waals surface area contributed by atoms with Crippen molar-refractivity contribution in [2.75, 3.05) is 19.1 Å². The van der Waals surface area contributed by atoms with Crippen LogP contribution in [0.2, 0.25) is 5.02 Å². The van der Waals surface area contributed by atoms with Crippen molar-refractivity contribution in [3.05, 3.63) is 23.1 Å². The van der Waals surface area contributed by atoms with Gasteiger partial charge in [0.2, 0.25) is 0 Å². The largest absolute Gasteiger partial charge is 0.380 e. The molecule has 6 heteroatoms. The Hall–Kier alpha value is -0.840. The van der Waals surface area contributed by atoms with Crippen LogP contribution in [-0.2, 0) is 11.2 Å². The molecule has 104 valence electrons. The molecule has 0 aromatic carbocycles. The first-order valence-corrected chi connectivity index (χ1v) is 7.24. The van der Waals surface area contributed by atoms with Crippen LogP contribution >= 0.6 is 23.2 Å². The van der Waals surface area contributed by atoms with E-state index in [1.807, 2.05) is 13.0 Å². The summed E-state index contributed by atoms with van der Waals surface area (Å²) in [7, 11) is 0. The quantitative estimate of drug-likeness (QED) is 0.767. The smallest absolute Gasteiger partial charge is 0.160 e. The van der Waals surface area contributed by atoms with Crippen LogP contribution in [0.25, 0.3) is 11.2 Å². The Morgan fingerprint density at radius 2 is 2.26 bits per heavy atom. The highest BCUT2D eigenvalue weighted by atomic mass is 35.5. The highest BCUT2D eigenvalue weighted by Gasteiger charge is 2.16. The van der Waals surface area contributed by atoms with Gasteiger partial charge in [-0.15, -0.1) is 11.6 Å². The summed E-state index contributed by atoms with van der Waals surface area (Å²) in [6.45, 7) is 5.39. The SMILES string of the molecule is CCOCC(C)n1c(CCCl)nc2cc(Cl)cnc21. The minimum atomic E-state index is 0.164. The molecule has 2 heterocycles. The summed E-state index contributed by atoms with van der Waals surface area (Å²) in [5.41, 5.74) is 1.63. The van der Waals surface area contributed by atoms with E-state index in [4.69, 9.17) is 27.9 Å². The van der Waals surface area contributed by atoms with E-state index in [1.165, 1.54) is 0 Å². The van der Waals surface area contributed by atoms with Crippen molar-refractivity contribution in [1.29, 1.82) is 0 Å². The maximum absolute atomic E-state index is 5.96. The summed E-state index contributed by atoms with van der Waals surface area (Å²) in [5, 5.41) is 0.590. The molecule has 0 aliphatic heterocycles. The number of rotatable bonds is 6. The fraction of sp³-hybridized carbons (Fsp3) is 0.538. The molecule has 0 bridgehead atoms. The lowest BCUT2D eigenvalue weighted by atomic mass is 10.3. The summed E-state index contributed by atoms with van der Waals surface area (Å²) in [4.78, 5) is 8.95. The molecule has 0 N–H and O–H groups in total. The standard InChI is InChI=1S/C13H17Cl2N3O/c1-3-19-8-9(2)18-12(4-5-14)17-11-6-10(15)7-16-13(11)18/h6-7,9H,3-5,8H2,1-2H3. The van der Waals surface area contributed by atoms with Crippen LogP contribution in [0.15, 0.2) is 12.3 Å². The number of hydrogen-bond acceptors (Lipinski definition) is 3. The van der Waals surface area contributed by atoms with E-state index in [1.54, 1.807) is 6.20 Å². The maximum Gasteiger partial charge on any atom is 0.160 e. The zero-order chi connectivity index (χ0) is 13.8. The van der Waals surface area contributed by atoms with Crippen molar-refractivity contribution in [2.45, 2.75) is 26.3 Å². The molecule has 0 radical (unpaired) electrons. The van der Waals surface area contributed by atoms with Gasteiger partial charge in [0.1, 0.15) is 11.3 Å². The molecule has 2 aromatic heterocycles. The molecular weight excluding hydrogens is 285 g/mol. The van der Waals surface area contributed by atoms with E-state index in [0.717, 1.165) is 17.0 Å². The van der Waals surface area contributed by atoms with Crippen LogP contribution in [-0.4, -0.2) is 33.6 Å². The summed E-state index contributed by atoms with van der Waals surface area (Å²) in [6.07, 6.45) is 2.34. The molecule has 2 rings (SSSR count). The van der Waals surface area contributed by atoms with Gasteiger partial charge in [-0.25, -0.2) is 9.97 Å². The van der Waals surface area contributed by atoms with Gasteiger partial charge in [-0.1, -0.05) is 11.6 Å². The summed E-state index contributed by atoms with van der Waals surface area (Å²) in [6, 6.07) is 1.99. The van der Waals surface area contributed by atoms with E-state index in [-0.39, 0.29) is 6.04 Å². The van der Waals surface area contributed by atoms with Gasteiger partial charge in [0.15, 0.2) is 5.65 Å². The lowest BCUT2D eigenvalue weighted by Crippen LogP contribution is -2.16. The van der Waals surface area contributed by atoms with Gasteiger partial charge in [0, 0.05) is 25.1 Å². The first-order valence-electron chi connectivity index (χ1n) is 6.33. The fourth-order valence-electron chi connectivity index (χ4n) is 2.09. The average molecular weight is 302 g/mol. The molecule has 0 amide bonds. The van der Waals surface area contributed by atoms with Gasteiger partial charge in [-0.2, -0.15) is 0 Å². The Labute approximate surface area is 122 Å². The van der Waals surface area contributed by atoms with E-state index in [0.29, 0.717) is 30.5 Å². The average Bonchev–Trinajstić information content (AvgIpc) is 2.73.